The molecule has 29 nitrogen and oxygen atoms in total. The maximum Gasteiger partial charge on any atom is 0.387 e. The van der Waals surface area contributed by atoms with Gasteiger partial charge < -0.3 is 43.5 Å². The first-order valence-corrected chi connectivity index (χ1v) is 48.9. The molecule has 5 saturated heterocycles. The summed E-state index contributed by atoms with van der Waals surface area (Å²) in [6.45, 7) is 25.2. The monoisotopic (exact) mass is 1890 g/mol. The van der Waals surface area contributed by atoms with Gasteiger partial charge in [0, 0.05) is 142 Å². The van der Waals surface area contributed by atoms with E-state index in [9.17, 15) is 18.3 Å². The summed E-state index contributed by atoms with van der Waals surface area (Å²) in [5.74, 6) is 5.12. The number of anilines is 5. The first-order chi connectivity index (χ1) is 66.4. The standard InChI is InChI=1S/2C22H26N6.C21H23ClFN5.C20H23F2N5O.C18H20ClN5O/c1-4-22(2)9-12-28(13-10-22)18-14-23-20-19(25-26-21(20)24-18)16-6-5-7-17-15(16)8-11-27(17)3;1-4-22(2)9-11-28(12-10-22)18-13-23-20-19(25-26-21(20)24-18)16-14-27(3)17-8-6-5-7-15(16)17;1-13-4-3-7-21(13)8-10-28(11-9-21)16-12-24-19-18(26-27-20(19)25-16)14-5-2-6-15(22)17(14)23;1-3-20(2)8-10-27(11-9-20)15-12-23-17-16(25-26-18(17)24-15)13-4-6-14(7-5-13)28-19(21)22;1-2-11-7-8-24(10-14(11)25)15-9-20-17-16(22-23-18(17)21-15)12-5-3-4-6-13(12)19/h5-8,11,14H,4,9-10,12-13H2,1-3H3,(H,24,25,26);5-8,13-14H,4,9-12H2,1-3H3,(H,24,25,26);2,5-6,12-13H,3-4,7-11H2,1H3,(H,25,26,27);4-7,12,19H,3,8-11H2,1-2H3,(H,24,25,26);3-6,9,11,14,25H,2,7-8,10H2,1H3,(H,21,22,23)/t;;13-;;11-,14-/m..1.1/s1. The summed E-state index contributed by atoms with van der Waals surface area (Å²) in [5.41, 5.74) is 18.8. The number of fused-ring (bicyclic) bond motifs is 7. The second-order valence-electron chi connectivity index (χ2n) is 38.9. The van der Waals surface area contributed by atoms with E-state index in [1.54, 1.807) is 42.9 Å². The van der Waals surface area contributed by atoms with Crippen molar-refractivity contribution in [3.63, 3.8) is 0 Å². The second kappa shape index (κ2) is 39.3. The highest BCUT2D eigenvalue weighted by atomic mass is 35.5. The number of alkyl halides is 2. The molecule has 0 bridgehead atoms. The number of β-amino-alcohol motifs (C(OH)–C–C–N with tert-alkyl or cyclic N) is 1. The van der Waals surface area contributed by atoms with Gasteiger partial charge in [0.2, 0.25) is 28.2 Å². The first kappa shape index (κ1) is 93.1. The Morgan fingerprint density at radius 1 is 0.431 bits per heavy atom. The van der Waals surface area contributed by atoms with Gasteiger partial charge in [0.15, 0.2) is 5.82 Å². The minimum absolute atomic E-state index is 0.0771. The van der Waals surface area contributed by atoms with Crippen molar-refractivity contribution in [3.8, 4) is 62.0 Å². The van der Waals surface area contributed by atoms with Crippen molar-refractivity contribution in [1.82, 2.24) is 110 Å². The largest absolute Gasteiger partial charge is 0.435 e. The molecule has 6 fully saturated rings. The average Bonchev–Trinajstić information content (AvgIpc) is 1.59. The van der Waals surface area contributed by atoms with Crippen LogP contribution in [-0.2, 0) is 14.1 Å². The number of halogens is 5. The van der Waals surface area contributed by atoms with E-state index in [0.29, 0.717) is 101 Å². The fraction of sp³-hybridized carbons (Fsp3) is 0.427. The molecule has 1 saturated carbocycles. The van der Waals surface area contributed by atoms with E-state index in [0.717, 1.165) is 170 Å². The zero-order valence-electron chi connectivity index (χ0n) is 79.3. The quantitative estimate of drug-likeness (QED) is 0.0523. The zero-order chi connectivity index (χ0) is 95.0. The number of hydrogen-bond acceptors (Lipinski definition) is 22. The van der Waals surface area contributed by atoms with E-state index in [1.165, 1.54) is 117 Å². The fourth-order valence-electron chi connectivity index (χ4n) is 20.7. The highest BCUT2D eigenvalue weighted by molar-refractivity contribution is 6.33. The number of benzene rings is 5. The molecule has 34 heteroatoms. The third-order valence-electron chi connectivity index (χ3n) is 30.8. The molecule has 17 heterocycles. The van der Waals surface area contributed by atoms with E-state index < -0.39 is 12.4 Å². The van der Waals surface area contributed by atoms with Gasteiger partial charge in [-0.25, -0.2) is 54.2 Å². The lowest BCUT2D eigenvalue weighted by Gasteiger charge is -2.42. The Bertz CT molecular complexity index is 7110. The maximum absolute atomic E-state index is 14.4. The van der Waals surface area contributed by atoms with Gasteiger partial charge >= 0.3 is 6.61 Å². The Kier molecular flexibility index (Phi) is 26.7. The number of aromatic nitrogens is 22. The van der Waals surface area contributed by atoms with Crippen LogP contribution in [-0.4, -0.2) is 193 Å². The predicted molar refractivity (Wildman–Crippen MR) is 538 cm³/mol. The summed E-state index contributed by atoms with van der Waals surface area (Å²) in [5, 5.41) is 50.4. The van der Waals surface area contributed by atoms with Gasteiger partial charge in [0.05, 0.1) is 75.6 Å². The number of piperidine rings is 5. The van der Waals surface area contributed by atoms with Crippen molar-refractivity contribution in [2.24, 2.45) is 47.6 Å². The SMILES string of the molecule is CCC1(C)CCN(c2cnc3c(-c4ccc(OC(F)F)cc4)[nH]nc3n2)CC1.CCC1(C)CCN(c2cnc3c(-c4cccc5c4ccn5C)[nH]nc3n2)CC1.CCC1(C)CCN(c2cnc3c(-c4cn(C)c5ccccc45)[nH]nc3n2)CC1.CC[C@@H]1CCN(c2cnc3c(-c4ccccc4Cl)[nH]nc3n2)C[C@H]1O.C[C@@H]1CCCC12CCN(c1cnc3c(-c4cccc(Cl)c4F)[nH]nc3n1)CC2. The number of ether oxygens (including phenoxy) is 1. The van der Waals surface area contributed by atoms with Crippen LogP contribution in [0.3, 0.4) is 0 Å². The fourth-order valence-corrected chi connectivity index (χ4v) is 21.1. The molecule has 0 amide bonds. The third kappa shape index (κ3) is 19.1. The first-order valence-electron chi connectivity index (χ1n) is 48.2. The molecule has 5 aromatic carbocycles. The number of nitrogens with one attached hydrogen (secondary N) is 5. The van der Waals surface area contributed by atoms with Crippen LogP contribution < -0.4 is 29.2 Å². The lowest BCUT2D eigenvalue weighted by Crippen LogP contribution is -2.44. The van der Waals surface area contributed by atoms with Crippen LogP contribution >= 0.6 is 23.2 Å². The highest BCUT2D eigenvalue weighted by Crippen LogP contribution is 2.51. The van der Waals surface area contributed by atoms with Gasteiger partial charge in [-0.05, 0) is 158 Å². The zero-order valence-corrected chi connectivity index (χ0v) is 80.8. The number of aromatic amines is 5. The van der Waals surface area contributed by atoms with Gasteiger partial charge in [-0.2, -0.15) is 34.3 Å². The predicted octanol–water partition coefficient (Wildman–Crippen LogP) is 22.2. The molecule has 0 unspecified atom stereocenters. The van der Waals surface area contributed by atoms with Crippen molar-refractivity contribution in [2.45, 2.75) is 171 Å². The van der Waals surface area contributed by atoms with Crippen LogP contribution in [0.5, 0.6) is 5.75 Å². The number of aliphatic hydroxyl groups excluding tert-OH is 1. The Morgan fingerprint density at radius 2 is 0.825 bits per heavy atom. The van der Waals surface area contributed by atoms with Gasteiger partial charge in [-0.1, -0.05) is 172 Å². The van der Waals surface area contributed by atoms with Crippen molar-refractivity contribution in [3.05, 3.63) is 175 Å². The number of aryl methyl sites for hydroxylation is 2. The van der Waals surface area contributed by atoms with E-state index in [1.807, 2.05) is 36.7 Å². The van der Waals surface area contributed by atoms with E-state index in [4.69, 9.17) is 48.1 Å². The number of rotatable bonds is 16. The summed E-state index contributed by atoms with van der Waals surface area (Å²) in [6, 6.07) is 35.7. The molecule has 1 aliphatic carbocycles. The molecule has 12 aromatic heterocycles. The van der Waals surface area contributed by atoms with Gasteiger partial charge in [-0.15, -0.1) is 0 Å². The van der Waals surface area contributed by atoms with Crippen LogP contribution in [0.4, 0.5) is 42.3 Å². The summed E-state index contributed by atoms with van der Waals surface area (Å²) >= 11 is 12.2. The van der Waals surface area contributed by atoms with Crippen molar-refractivity contribution < 1.29 is 23.0 Å². The molecule has 3 atom stereocenters. The van der Waals surface area contributed by atoms with E-state index >= 15 is 0 Å². The number of aliphatic hydroxyl groups is 1. The lowest BCUT2D eigenvalue weighted by atomic mass is 9.71. The summed E-state index contributed by atoms with van der Waals surface area (Å²) in [7, 11) is 4.12. The average molecular weight is 1890 g/mol. The molecule has 5 aliphatic heterocycles. The Morgan fingerprint density at radius 3 is 1.29 bits per heavy atom. The molecule has 137 heavy (non-hydrogen) atoms. The summed E-state index contributed by atoms with van der Waals surface area (Å²) in [4.78, 5) is 58.2. The third-order valence-corrected chi connectivity index (χ3v) is 31.4. The summed E-state index contributed by atoms with van der Waals surface area (Å²) < 4.78 is 47.6. The van der Waals surface area contributed by atoms with Gasteiger partial charge in [0.1, 0.15) is 62.4 Å². The van der Waals surface area contributed by atoms with Crippen LogP contribution in [0.15, 0.2) is 159 Å². The highest BCUT2D eigenvalue weighted by Gasteiger charge is 2.43. The molecule has 6 aliphatic rings. The van der Waals surface area contributed by atoms with Gasteiger partial charge in [0.25, 0.3) is 0 Å². The Balaban J connectivity index is 0.000000110. The van der Waals surface area contributed by atoms with Crippen LogP contribution in [0.25, 0.3) is 134 Å². The molecule has 1 spiro atoms. The molecular formula is C103H118Cl2F3N27O2. The molecule has 23 rings (SSSR count). The van der Waals surface area contributed by atoms with Crippen molar-refractivity contribution in [1.29, 1.82) is 0 Å². The minimum atomic E-state index is -2.84. The number of nitrogens with zero attached hydrogens (tertiary/aromatic N) is 22. The molecule has 6 N–H and O–H groups in total. The van der Waals surface area contributed by atoms with Gasteiger partial charge in [-0.3, -0.25) is 25.5 Å². The Hall–Kier alpha value is -12.9. The van der Waals surface area contributed by atoms with Crippen molar-refractivity contribution >= 4 is 130 Å². The number of H-pyrrole nitrogens is 5. The smallest absolute Gasteiger partial charge is 0.387 e. The topological polar surface area (TPSA) is 328 Å². The number of para-hydroxylation sites is 1. The number of hydrogen-bond donors (Lipinski definition) is 6. The molecule has 17 aromatic rings. The van der Waals surface area contributed by atoms with Crippen LogP contribution in [0.2, 0.25) is 10.0 Å². The van der Waals surface area contributed by atoms with Crippen LogP contribution in [0, 0.1) is 39.3 Å². The minimum Gasteiger partial charge on any atom is -0.435 e. The van der Waals surface area contributed by atoms with Crippen LogP contribution in [0.1, 0.15) is 158 Å². The Labute approximate surface area is 803 Å². The van der Waals surface area contributed by atoms with E-state index in [-0.39, 0.29) is 16.9 Å². The molecular weight excluding hydrogens is 1780 g/mol. The summed E-state index contributed by atoms with van der Waals surface area (Å²) in [6.07, 6.45) is 32.2. The second-order valence-corrected chi connectivity index (χ2v) is 39.7. The molecule has 712 valence electrons. The normalized spacial score (nSPS) is 18.6. The molecule has 0 radical (unpaired) electrons. The maximum atomic E-state index is 14.4. The van der Waals surface area contributed by atoms with E-state index in [2.05, 4.69) is 245 Å². The van der Waals surface area contributed by atoms with Crippen molar-refractivity contribution in [2.75, 3.05) is 89.9 Å². The lowest BCUT2D eigenvalue weighted by molar-refractivity contribution is -0.0498.